The monoisotopic (exact) mass is 231 g/mol. The summed E-state index contributed by atoms with van der Waals surface area (Å²) >= 11 is 0. The predicted molar refractivity (Wildman–Crippen MR) is 59.8 cm³/mol. The number of halogens is 2. The topological polar surface area (TPSA) is 21.3 Å². The van der Waals surface area contributed by atoms with Gasteiger partial charge in [-0.15, -0.1) is 12.4 Å². The molecule has 0 amide bonds. The van der Waals surface area contributed by atoms with Crippen LogP contribution in [0, 0.1) is 5.82 Å². The Kier molecular flexibility index (Phi) is 4.08. The molecule has 0 bridgehead atoms. The summed E-state index contributed by atoms with van der Waals surface area (Å²) in [5.74, 6) is -0.210. The Morgan fingerprint density at radius 3 is 2.87 bits per heavy atom. The van der Waals surface area contributed by atoms with E-state index in [1.807, 2.05) is 13.0 Å². The van der Waals surface area contributed by atoms with Crippen LogP contribution in [0.25, 0.3) is 0 Å². The average Bonchev–Trinajstić information content (AvgIpc) is 2.19. The summed E-state index contributed by atoms with van der Waals surface area (Å²) in [7, 11) is 0. The van der Waals surface area contributed by atoms with Crippen LogP contribution in [0.3, 0.4) is 0 Å². The SMILES string of the molecule is CC1(c2cccc(F)c2)CNCCO1.Cl. The van der Waals surface area contributed by atoms with Crippen molar-refractivity contribution in [2.75, 3.05) is 19.7 Å². The quantitative estimate of drug-likeness (QED) is 0.799. The van der Waals surface area contributed by atoms with Crippen LogP contribution in [0.15, 0.2) is 24.3 Å². The normalized spacial score (nSPS) is 25.7. The minimum absolute atomic E-state index is 0. The molecule has 0 saturated carbocycles. The predicted octanol–water partition coefficient (Wildman–Crippen LogP) is 2.08. The van der Waals surface area contributed by atoms with Gasteiger partial charge in [0.05, 0.1) is 6.61 Å². The molecule has 1 aromatic rings. The molecule has 2 rings (SSSR count). The number of rotatable bonds is 1. The number of nitrogens with one attached hydrogen (secondary N) is 1. The van der Waals surface area contributed by atoms with Gasteiger partial charge in [0, 0.05) is 13.1 Å². The summed E-state index contributed by atoms with van der Waals surface area (Å²) < 4.78 is 18.7. The minimum atomic E-state index is -0.389. The van der Waals surface area contributed by atoms with Crippen molar-refractivity contribution in [3.8, 4) is 0 Å². The second-order valence-electron chi connectivity index (χ2n) is 3.77. The molecule has 2 nitrogen and oxygen atoms in total. The molecule has 1 aliphatic heterocycles. The van der Waals surface area contributed by atoms with E-state index in [9.17, 15) is 4.39 Å². The van der Waals surface area contributed by atoms with Gasteiger partial charge in [-0.25, -0.2) is 4.39 Å². The van der Waals surface area contributed by atoms with Crippen molar-refractivity contribution < 1.29 is 9.13 Å². The van der Waals surface area contributed by atoms with Crippen LogP contribution < -0.4 is 5.32 Å². The first-order chi connectivity index (χ1) is 6.71. The highest BCUT2D eigenvalue weighted by molar-refractivity contribution is 5.85. The lowest BCUT2D eigenvalue weighted by Gasteiger charge is -2.34. The standard InChI is InChI=1S/C11H14FNO.ClH/c1-11(8-13-5-6-14-11)9-3-2-4-10(12)7-9;/h2-4,7,13H,5-6,8H2,1H3;1H. The second-order valence-corrected chi connectivity index (χ2v) is 3.77. The Bertz CT molecular complexity index is 326. The Labute approximate surface area is 95.2 Å². The number of ether oxygens (including phenoxy) is 1. The maximum Gasteiger partial charge on any atom is 0.123 e. The number of hydrogen-bond acceptors (Lipinski definition) is 2. The van der Waals surface area contributed by atoms with E-state index in [0.29, 0.717) is 6.61 Å². The van der Waals surface area contributed by atoms with Gasteiger partial charge in [0.1, 0.15) is 11.4 Å². The summed E-state index contributed by atoms with van der Waals surface area (Å²) in [6.07, 6.45) is 0. The maximum absolute atomic E-state index is 13.0. The van der Waals surface area contributed by atoms with Crippen molar-refractivity contribution in [3.63, 3.8) is 0 Å². The molecule has 0 aromatic heterocycles. The Hall–Kier alpha value is -0.640. The van der Waals surface area contributed by atoms with Crippen molar-refractivity contribution in [1.29, 1.82) is 0 Å². The highest BCUT2D eigenvalue weighted by Gasteiger charge is 2.29. The van der Waals surface area contributed by atoms with Crippen molar-refractivity contribution in [1.82, 2.24) is 5.32 Å². The molecule has 84 valence electrons. The Morgan fingerprint density at radius 2 is 2.27 bits per heavy atom. The third-order valence-corrected chi connectivity index (χ3v) is 2.60. The summed E-state index contributed by atoms with van der Waals surface area (Å²) in [6.45, 7) is 4.25. The molecular formula is C11H15ClFNO. The molecule has 1 atom stereocenters. The highest BCUT2D eigenvalue weighted by Crippen LogP contribution is 2.26. The first-order valence-corrected chi connectivity index (χ1v) is 4.81. The Morgan fingerprint density at radius 1 is 1.47 bits per heavy atom. The largest absolute Gasteiger partial charge is 0.368 e. The van der Waals surface area contributed by atoms with Gasteiger partial charge in [0.2, 0.25) is 0 Å². The summed E-state index contributed by atoms with van der Waals surface area (Å²) in [5.41, 5.74) is 0.505. The van der Waals surface area contributed by atoms with Gasteiger partial charge in [0.25, 0.3) is 0 Å². The summed E-state index contributed by atoms with van der Waals surface area (Å²) in [6, 6.07) is 6.60. The molecule has 15 heavy (non-hydrogen) atoms. The zero-order valence-electron chi connectivity index (χ0n) is 8.63. The van der Waals surface area contributed by atoms with Crippen molar-refractivity contribution in [2.24, 2.45) is 0 Å². The minimum Gasteiger partial charge on any atom is -0.368 e. The average molecular weight is 232 g/mol. The van der Waals surface area contributed by atoms with Gasteiger partial charge >= 0.3 is 0 Å². The molecule has 1 N–H and O–H groups in total. The zero-order valence-corrected chi connectivity index (χ0v) is 9.44. The van der Waals surface area contributed by atoms with E-state index in [2.05, 4.69) is 5.32 Å². The van der Waals surface area contributed by atoms with Crippen LogP contribution in [-0.2, 0) is 10.3 Å². The smallest absolute Gasteiger partial charge is 0.123 e. The lowest BCUT2D eigenvalue weighted by molar-refractivity contribution is -0.0573. The van der Waals surface area contributed by atoms with Crippen molar-refractivity contribution >= 4 is 12.4 Å². The van der Waals surface area contributed by atoms with Gasteiger partial charge in [0.15, 0.2) is 0 Å². The van der Waals surface area contributed by atoms with Gasteiger partial charge in [-0.05, 0) is 24.6 Å². The van der Waals surface area contributed by atoms with Crippen LogP contribution in [0.2, 0.25) is 0 Å². The second kappa shape index (κ2) is 4.92. The van der Waals surface area contributed by atoms with E-state index in [1.165, 1.54) is 12.1 Å². The highest BCUT2D eigenvalue weighted by atomic mass is 35.5. The van der Waals surface area contributed by atoms with Gasteiger partial charge in [-0.3, -0.25) is 0 Å². The van der Waals surface area contributed by atoms with E-state index in [-0.39, 0.29) is 23.8 Å². The Balaban J connectivity index is 0.00000112. The molecule has 1 saturated heterocycles. The molecule has 1 fully saturated rings. The third-order valence-electron chi connectivity index (χ3n) is 2.60. The van der Waals surface area contributed by atoms with E-state index in [1.54, 1.807) is 6.07 Å². The summed E-state index contributed by atoms with van der Waals surface area (Å²) in [4.78, 5) is 0. The molecule has 0 radical (unpaired) electrons. The number of benzene rings is 1. The third kappa shape index (κ3) is 2.68. The van der Waals surface area contributed by atoms with Crippen molar-refractivity contribution in [2.45, 2.75) is 12.5 Å². The molecule has 1 aliphatic rings. The van der Waals surface area contributed by atoms with Crippen molar-refractivity contribution in [3.05, 3.63) is 35.6 Å². The fraction of sp³-hybridized carbons (Fsp3) is 0.455. The molecule has 1 aromatic carbocycles. The fourth-order valence-electron chi connectivity index (χ4n) is 1.73. The van der Waals surface area contributed by atoms with Crippen LogP contribution in [0.5, 0.6) is 0 Å². The lowest BCUT2D eigenvalue weighted by atomic mass is 9.94. The fourth-order valence-corrected chi connectivity index (χ4v) is 1.73. The maximum atomic E-state index is 13.0. The van der Waals surface area contributed by atoms with Crippen LogP contribution in [0.1, 0.15) is 12.5 Å². The molecule has 0 spiro atoms. The molecule has 0 aliphatic carbocycles. The molecule has 1 unspecified atom stereocenters. The van der Waals surface area contributed by atoms with E-state index >= 15 is 0 Å². The zero-order chi connectivity index (χ0) is 10.0. The molecule has 1 heterocycles. The van der Waals surface area contributed by atoms with Crippen LogP contribution in [-0.4, -0.2) is 19.7 Å². The first kappa shape index (κ1) is 12.4. The van der Waals surface area contributed by atoms with Gasteiger partial charge in [-0.2, -0.15) is 0 Å². The molecular weight excluding hydrogens is 217 g/mol. The van der Waals surface area contributed by atoms with E-state index < -0.39 is 0 Å². The number of hydrogen-bond donors (Lipinski definition) is 1. The van der Waals surface area contributed by atoms with Crippen LogP contribution >= 0.6 is 12.4 Å². The van der Waals surface area contributed by atoms with E-state index in [4.69, 9.17) is 4.74 Å². The molecule has 4 heteroatoms. The lowest BCUT2D eigenvalue weighted by Crippen LogP contribution is -2.45. The van der Waals surface area contributed by atoms with E-state index in [0.717, 1.165) is 18.7 Å². The van der Waals surface area contributed by atoms with Gasteiger partial charge in [-0.1, -0.05) is 12.1 Å². The van der Waals surface area contributed by atoms with Gasteiger partial charge < -0.3 is 10.1 Å². The summed E-state index contributed by atoms with van der Waals surface area (Å²) in [5, 5.41) is 3.25. The van der Waals surface area contributed by atoms with Crippen LogP contribution in [0.4, 0.5) is 4.39 Å². The first-order valence-electron chi connectivity index (χ1n) is 4.81. The number of morpholine rings is 1.